The zero-order valence-electron chi connectivity index (χ0n) is 13.7. The minimum absolute atomic E-state index is 0.0397. The summed E-state index contributed by atoms with van der Waals surface area (Å²) in [6.45, 7) is 4.60. The number of amides is 1. The van der Waals surface area contributed by atoms with Gasteiger partial charge in [-0.1, -0.05) is 23.8 Å². The van der Waals surface area contributed by atoms with Gasteiger partial charge in [-0.25, -0.2) is 4.98 Å². The molecular weight excluding hydrogens is 318 g/mol. The second kappa shape index (κ2) is 7.36. The molecule has 0 atom stereocenters. The molecule has 122 valence electrons. The first-order valence-corrected chi connectivity index (χ1v) is 8.68. The number of aromatic nitrogens is 2. The number of carbonyl (C=O) groups is 1. The van der Waals surface area contributed by atoms with Gasteiger partial charge in [-0.05, 0) is 38.1 Å². The molecule has 4 nitrogen and oxygen atoms in total. The van der Waals surface area contributed by atoms with E-state index in [1.54, 1.807) is 17.5 Å². The molecule has 0 saturated heterocycles. The van der Waals surface area contributed by atoms with Crippen molar-refractivity contribution >= 4 is 17.2 Å². The third-order valence-corrected chi connectivity index (χ3v) is 4.97. The Morgan fingerprint density at radius 2 is 1.92 bits per heavy atom. The number of carbonyl (C=O) groups excluding carboxylic acids is 1. The Morgan fingerprint density at radius 3 is 2.62 bits per heavy atom. The van der Waals surface area contributed by atoms with Crippen molar-refractivity contribution in [1.82, 2.24) is 15.3 Å². The maximum atomic E-state index is 12.1. The summed E-state index contributed by atoms with van der Waals surface area (Å²) in [5.74, 6) is -0.0397. The second-order valence-corrected chi connectivity index (χ2v) is 6.70. The van der Waals surface area contributed by atoms with Gasteiger partial charge in [0.25, 0.3) is 5.91 Å². The summed E-state index contributed by atoms with van der Waals surface area (Å²) >= 11 is 1.64. The van der Waals surface area contributed by atoms with Gasteiger partial charge in [0.1, 0.15) is 5.01 Å². The SMILES string of the molecule is Cc1ccc(C(=O)NCCc2sc(-c3ccccn3)nc2C)cc1. The zero-order chi connectivity index (χ0) is 16.9. The smallest absolute Gasteiger partial charge is 0.251 e. The van der Waals surface area contributed by atoms with Gasteiger partial charge in [0.15, 0.2) is 0 Å². The van der Waals surface area contributed by atoms with Crippen LogP contribution < -0.4 is 5.32 Å². The molecule has 0 saturated carbocycles. The molecule has 5 heteroatoms. The van der Waals surface area contributed by atoms with E-state index in [1.165, 1.54) is 4.88 Å². The topological polar surface area (TPSA) is 54.9 Å². The van der Waals surface area contributed by atoms with E-state index in [0.29, 0.717) is 12.1 Å². The lowest BCUT2D eigenvalue weighted by atomic mass is 10.1. The largest absolute Gasteiger partial charge is 0.352 e. The van der Waals surface area contributed by atoms with E-state index in [0.717, 1.165) is 28.4 Å². The number of pyridine rings is 1. The van der Waals surface area contributed by atoms with Crippen LogP contribution in [0, 0.1) is 13.8 Å². The van der Waals surface area contributed by atoms with Crippen LogP contribution in [0.5, 0.6) is 0 Å². The maximum absolute atomic E-state index is 12.1. The lowest BCUT2D eigenvalue weighted by Crippen LogP contribution is -2.25. The zero-order valence-corrected chi connectivity index (χ0v) is 14.6. The minimum Gasteiger partial charge on any atom is -0.352 e. The standard InChI is InChI=1S/C19H19N3OS/c1-13-6-8-15(9-7-13)18(23)21-12-10-17-14(2)22-19(24-17)16-5-3-4-11-20-16/h3-9,11H,10,12H2,1-2H3,(H,21,23). The van der Waals surface area contributed by atoms with Gasteiger partial charge >= 0.3 is 0 Å². The van der Waals surface area contributed by atoms with Crippen molar-refractivity contribution < 1.29 is 4.79 Å². The number of nitrogens with one attached hydrogen (secondary N) is 1. The van der Waals surface area contributed by atoms with Gasteiger partial charge in [0.05, 0.1) is 11.4 Å². The molecule has 0 aliphatic heterocycles. The Labute approximate surface area is 145 Å². The van der Waals surface area contributed by atoms with E-state index in [-0.39, 0.29) is 5.91 Å². The maximum Gasteiger partial charge on any atom is 0.251 e. The van der Waals surface area contributed by atoms with Crippen molar-refractivity contribution in [2.75, 3.05) is 6.54 Å². The molecule has 1 aromatic carbocycles. The van der Waals surface area contributed by atoms with Crippen LogP contribution in [0.1, 0.15) is 26.5 Å². The predicted octanol–water partition coefficient (Wildman–Crippen LogP) is 3.79. The Hall–Kier alpha value is -2.53. The van der Waals surface area contributed by atoms with Crippen LogP contribution in [0.25, 0.3) is 10.7 Å². The van der Waals surface area contributed by atoms with Crippen LogP contribution in [0.3, 0.4) is 0 Å². The Balaban J connectivity index is 1.60. The first-order chi connectivity index (χ1) is 11.6. The van der Waals surface area contributed by atoms with E-state index < -0.39 is 0 Å². The van der Waals surface area contributed by atoms with E-state index in [9.17, 15) is 4.79 Å². The lowest BCUT2D eigenvalue weighted by Gasteiger charge is -2.05. The summed E-state index contributed by atoms with van der Waals surface area (Å²) in [5.41, 5.74) is 3.73. The van der Waals surface area contributed by atoms with Crippen LogP contribution in [-0.4, -0.2) is 22.4 Å². The van der Waals surface area contributed by atoms with Crippen molar-refractivity contribution in [2.45, 2.75) is 20.3 Å². The molecule has 1 N–H and O–H groups in total. The van der Waals surface area contributed by atoms with Crippen molar-refractivity contribution in [3.63, 3.8) is 0 Å². The highest BCUT2D eigenvalue weighted by atomic mass is 32.1. The Kier molecular flexibility index (Phi) is 5.01. The summed E-state index contributed by atoms with van der Waals surface area (Å²) in [6.07, 6.45) is 2.54. The third-order valence-electron chi connectivity index (χ3n) is 3.73. The number of aryl methyl sites for hydroxylation is 2. The Bertz CT molecular complexity index is 826. The average molecular weight is 337 g/mol. The molecule has 0 fully saturated rings. The quantitative estimate of drug-likeness (QED) is 0.770. The molecule has 3 aromatic rings. The fourth-order valence-corrected chi connectivity index (χ4v) is 3.39. The molecule has 0 aliphatic rings. The molecule has 1 amide bonds. The third kappa shape index (κ3) is 3.86. The van der Waals surface area contributed by atoms with Crippen molar-refractivity contribution in [2.24, 2.45) is 0 Å². The molecule has 24 heavy (non-hydrogen) atoms. The number of thiazole rings is 1. The highest BCUT2D eigenvalue weighted by molar-refractivity contribution is 7.15. The van der Waals surface area contributed by atoms with E-state index >= 15 is 0 Å². The van der Waals surface area contributed by atoms with Crippen molar-refractivity contribution in [3.05, 3.63) is 70.4 Å². The van der Waals surface area contributed by atoms with E-state index in [2.05, 4.69) is 15.3 Å². The monoisotopic (exact) mass is 337 g/mol. The predicted molar refractivity (Wildman–Crippen MR) is 97.3 cm³/mol. The van der Waals surface area contributed by atoms with Gasteiger partial charge in [0.2, 0.25) is 0 Å². The van der Waals surface area contributed by atoms with Gasteiger partial charge in [-0.15, -0.1) is 11.3 Å². The summed E-state index contributed by atoms with van der Waals surface area (Å²) < 4.78 is 0. The van der Waals surface area contributed by atoms with E-state index in [4.69, 9.17) is 0 Å². The molecule has 2 heterocycles. The van der Waals surface area contributed by atoms with E-state index in [1.807, 2.05) is 56.3 Å². The molecular formula is C19H19N3OS. The second-order valence-electron chi connectivity index (χ2n) is 5.61. The van der Waals surface area contributed by atoms with Crippen molar-refractivity contribution in [1.29, 1.82) is 0 Å². The molecule has 0 bridgehead atoms. The normalized spacial score (nSPS) is 10.6. The van der Waals surface area contributed by atoms with Gasteiger partial charge < -0.3 is 5.32 Å². The van der Waals surface area contributed by atoms with Gasteiger partial charge in [-0.3, -0.25) is 9.78 Å². The highest BCUT2D eigenvalue weighted by Gasteiger charge is 2.11. The molecule has 2 aromatic heterocycles. The number of benzene rings is 1. The molecule has 0 spiro atoms. The van der Waals surface area contributed by atoms with Gasteiger partial charge in [0, 0.05) is 29.6 Å². The van der Waals surface area contributed by atoms with Crippen LogP contribution in [0.15, 0.2) is 48.7 Å². The highest BCUT2D eigenvalue weighted by Crippen LogP contribution is 2.26. The fraction of sp³-hybridized carbons (Fsp3) is 0.211. The number of rotatable bonds is 5. The first-order valence-electron chi connectivity index (χ1n) is 7.86. The summed E-state index contributed by atoms with van der Waals surface area (Å²) in [7, 11) is 0. The van der Waals surface area contributed by atoms with Crippen LogP contribution in [0.4, 0.5) is 0 Å². The fourth-order valence-electron chi connectivity index (χ4n) is 2.36. The molecule has 0 radical (unpaired) electrons. The number of hydrogen-bond donors (Lipinski definition) is 1. The van der Waals surface area contributed by atoms with Crippen LogP contribution in [0.2, 0.25) is 0 Å². The van der Waals surface area contributed by atoms with Crippen molar-refractivity contribution in [3.8, 4) is 10.7 Å². The molecule has 0 aliphatic carbocycles. The summed E-state index contributed by atoms with van der Waals surface area (Å²) in [6, 6.07) is 13.4. The Morgan fingerprint density at radius 1 is 1.12 bits per heavy atom. The number of hydrogen-bond acceptors (Lipinski definition) is 4. The first kappa shape index (κ1) is 16.3. The average Bonchev–Trinajstić information content (AvgIpc) is 2.97. The number of nitrogens with zero attached hydrogens (tertiary/aromatic N) is 2. The minimum atomic E-state index is -0.0397. The summed E-state index contributed by atoms with van der Waals surface area (Å²) in [4.78, 5) is 22.2. The molecule has 3 rings (SSSR count). The molecule has 0 unspecified atom stereocenters. The van der Waals surface area contributed by atoms with Crippen LogP contribution in [-0.2, 0) is 6.42 Å². The van der Waals surface area contributed by atoms with Crippen LogP contribution >= 0.6 is 11.3 Å². The van der Waals surface area contributed by atoms with Gasteiger partial charge in [-0.2, -0.15) is 0 Å². The lowest BCUT2D eigenvalue weighted by molar-refractivity contribution is 0.0954. The summed E-state index contributed by atoms with van der Waals surface area (Å²) in [5, 5.41) is 3.89.